The Hall–Kier alpha value is -1.49. The van der Waals surface area contributed by atoms with Crippen molar-refractivity contribution in [2.45, 2.75) is 6.92 Å². The van der Waals surface area contributed by atoms with Gasteiger partial charge in [-0.1, -0.05) is 6.07 Å². The number of methoxy groups -OCH3 is 1. The molecule has 1 aromatic heterocycles. The van der Waals surface area contributed by atoms with Crippen LogP contribution in [-0.4, -0.2) is 17.3 Å². The third-order valence-electron chi connectivity index (χ3n) is 2.46. The van der Waals surface area contributed by atoms with Crippen LogP contribution >= 0.6 is 15.9 Å². The normalized spacial score (nSPS) is 10.4. The number of aryl methyl sites for hydroxylation is 1. The van der Waals surface area contributed by atoms with Crippen molar-refractivity contribution in [2.24, 2.45) is 0 Å². The van der Waals surface area contributed by atoms with Crippen LogP contribution in [0.1, 0.15) is 5.56 Å². The number of nitrogens with zero attached hydrogens (tertiary/aromatic N) is 1. The molecule has 0 fully saturated rings. The lowest BCUT2D eigenvalue weighted by molar-refractivity contribution is 0.413. The van der Waals surface area contributed by atoms with Gasteiger partial charge in [-0.25, -0.2) is 0 Å². The van der Waals surface area contributed by atoms with Crippen LogP contribution in [0.15, 0.2) is 22.8 Å². The van der Waals surface area contributed by atoms with Gasteiger partial charge in [0, 0.05) is 11.1 Å². The summed E-state index contributed by atoms with van der Waals surface area (Å²) >= 11 is 3.46. The number of nitrogen functional groups attached to an aromatic ring is 1. The van der Waals surface area contributed by atoms with Gasteiger partial charge in [-0.05, 0) is 34.5 Å². The van der Waals surface area contributed by atoms with Crippen molar-refractivity contribution >= 4 is 21.7 Å². The van der Waals surface area contributed by atoms with E-state index in [9.17, 15) is 0 Å². The third kappa shape index (κ3) is 1.67. The van der Waals surface area contributed by atoms with Gasteiger partial charge in [0.15, 0.2) is 0 Å². The number of rotatable bonds is 2. The Labute approximate surface area is 102 Å². The third-order valence-corrected chi connectivity index (χ3v) is 3.08. The molecule has 0 saturated heterocycles. The molecule has 0 bridgehead atoms. The van der Waals surface area contributed by atoms with E-state index in [1.165, 1.54) is 0 Å². The zero-order valence-electron chi connectivity index (χ0n) is 9.04. The van der Waals surface area contributed by atoms with Crippen molar-refractivity contribution in [3.63, 3.8) is 0 Å². The fourth-order valence-electron chi connectivity index (χ4n) is 1.69. The molecule has 0 spiro atoms. The van der Waals surface area contributed by atoms with Gasteiger partial charge in [-0.15, -0.1) is 0 Å². The van der Waals surface area contributed by atoms with E-state index < -0.39 is 0 Å². The first-order valence-corrected chi connectivity index (χ1v) is 5.56. The van der Waals surface area contributed by atoms with Crippen LogP contribution in [0.25, 0.3) is 11.1 Å². The van der Waals surface area contributed by atoms with Gasteiger partial charge >= 0.3 is 0 Å². The molecular weight excluding hydrogens is 270 g/mol. The van der Waals surface area contributed by atoms with E-state index >= 15 is 0 Å². The van der Waals surface area contributed by atoms with E-state index in [4.69, 9.17) is 10.5 Å². The number of nitrogens with two attached hydrogens (primary N) is 1. The van der Waals surface area contributed by atoms with E-state index in [0.717, 1.165) is 26.9 Å². The van der Waals surface area contributed by atoms with Crippen molar-refractivity contribution in [3.8, 4) is 16.9 Å². The standard InChI is InChI=1S/C11H12BrN3O/c1-6-3-4-8(12)10(16-2)9(6)7-5-14-15-11(7)13/h3-5H,1-2H3,(H3,13,14,15). The molecule has 16 heavy (non-hydrogen) atoms. The molecule has 2 aromatic rings. The van der Waals surface area contributed by atoms with E-state index in [1.54, 1.807) is 13.3 Å². The fraction of sp³-hybridized carbons (Fsp3) is 0.182. The largest absolute Gasteiger partial charge is 0.495 e. The lowest BCUT2D eigenvalue weighted by Crippen LogP contribution is -1.94. The highest BCUT2D eigenvalue weighted by Gasteiger charge is 2.15. The van der Waals surface area contributed by atoms with Crippen molar-refractivity contribution in [2.75, 3.05) is 12.8 Å². The van der Waals surface area contributed by atoms with Gasteiger partial charge < -0.3 is 10.5 Å². The molecule has 0 aliphatic carbocycles. The number of ether oxygens (including phenoxy) is 1. The first kappa shape index (κ1) is 11.0. The van der Waals surface area contributed by atoms with E-state index in [2.05, 4.69) is 26.1 Å². The van der Waals surface area contributed by atoms with Crippen LogP contribution in [-0.2, 0) is 0 Å². The summed E-state index contributed by atoms with van der Waals surface area (Å²) in [6.45, 7) is 2.01. The fourth-order valence-corrected chi connectivity index (χ4v) is 2.18. The smallest absolute Gasteiger partial charge is 0.141 e. The summed E-state index contributed by atoms with van der Waals surface area (Å²) < 4.78 is 6.29. The molecule has 0 atom stereocenters. The maximum atomic E-state index is 5.83. The van der Waals surface area contributed by atoms with Crippen LogP contribution in [0, 0.1) is 6.92 Å². The molecule has 5 heteroatoms. The number of hydrogen-bond donors (Lipinski definition) is 2. The zero-order chi connectivity index (χ0) is 11.7. The number of anilines is 1. The molecule has 3 N–H and O–H groups in total. The summed E-state index contributed by atoms with van der Waals surface area (Å²) in [5.74, 6) is 1.31. The number of H-pyrrole nitrogens is 1. The molecule has 1 aromatic carbocycles. The first-order valence-electron chi connectivity index (χ1n) is 4.77. The van der Waals surface area contributed by atoms with E-state index in [-0.39, 0.29) is 0 Å². The number of aromatic amines is 1. The van der Waals surface area contributed by atoms with Gasteiger partial charge in [-0.2, -0.15) is 5.10 Å². The Kier molecular flexibility index (Phi) is 2.87. The second-order valence-corrected chi connectivity index (χ2v) is 4.32. The van der Waals surface area contributed by atoms with Gasteiger partial charge in [0.05, 0.1) is 17.8 Å². The van der Waals surface area contributed by atoms with Crippen LogP contribution in [0.3, 0.4) is 0 Å². The lowest BCUT2D eigenvalue weighted by atomic mass is 10.0. The summed E-state index contributed by atoms with van der Waals surface area (Å²) in [4.78, 5) is 0. The Morgan fingerprint density at radius 1 is 1.44 bits per heavy atom. The van der Waals surface area contributed by atoms with Crippen molar-refractivity contribution in [1.82, 2.24) is 10.2 Å². The molecule has 2 rings (SSSR count). The summed E-state index contributed by atoms with van der Waals surface area (Å²) in [6, 6.07) is 3.96. The quantitative estimate of drug-likeness (QED) is 0.890. The van der Waals surface area contributed by atoms with Crippen LogP contribution in [0.2, 0.25) is 0 Å². The molecule has 0 amide bonds. The average molecular weight is 282 g/mol. The molecule has 0 unspecified atom stereocenters. The van der Waals surface area contributed by atoms with Crippen molar-refractivity contribution in [3.05, 3.63) is 28.4 Å². The minimum atomic E-state index is 0.541. The predicted molar refractivity (Wildman–Crippen MR) is 67.4 cm³/mol. The highest BCUT2D eigenvalue weighted by atomic mass is 79.9. The summed E-state index contributed by atoms with van der Waals surface area (Å²) in [6.07, 6.45) is 1.70. The monoisotopic (exact) mass is 281 g/mol. The molecule has 0 aliphatic heterocycles. The van der Waals surface area contributed by atoms with Crippen LogP contribution < -0.4 is 10.5 Å². The SMILES string of the molecule is COc1c(Br)ccc(C)c1-c1cn[nH]c1N. The highest BCUT2D eigenvalue weighted by Crippen LogP contribution is 2.40. The average Bonchev–Trinajstić information content (AvgIpc) is 2.67. The predicted octanol–water partition coefficient (Wildman–Crippen LogP) is 2.74. The summed E-state index contributed by atoms with van der Waals surface area (Å²) in [5, 5.41) is 6.65. The molecule has 0 aliphatic rings. The molecule has 84 valence electrons. The lowest BCUT2D eigenvalue weighted by Gasteiger charge is -2.12. The number of nitrogens with one attached hydrogen (secondary N) is 1. The molecular formula is C11H12BrN3O. The van der Waals surface area contributed by atoms with Crippen molar-refractivity contribution < 1.29 is 4.74 Å². The highest BCUT2D eigenvalue weighted by molar-refractivity contribution is 9.10. The first-order chi connectivity index (χ1) is 7.65. The van der Waals surface area contributed by atoms with Crippen molar-refractivity contribution in [1.29, 1.82) is 0 Å². The molecule has 0 radical (unpaired) electrons. The molecule has 0 saturated carbocycles. The Morgan fingerprint density at radius 2 is 2.19 bits per heavy atom. The van der Waals surface area contributed by atoms with Gasteiger partial charge in [0.25, 0.3) is 0 Å². The summed E-state index contributed by atoms with van der Waals surface area (Å²) in [5.41, 5.74) is 8.74. The minimum Gasteiger partial charge on any atom is -0.495 e. The van der Waals surface area contributed by atoms with Gasteiger partial charge in [-0.3, -0.25) is 5.10 Å². The van der Waals surface area contributed by atoms with Gasteiger partial charge in [0.2, 0.25) is 0 Å². The van der Waals surface area contributed by atoms with E-state index in [0.29, 0.717) is 5.82 Å². The number of benzene rings is 1. The number of aromatic nitrogens is 2. The summed E-state index contributed by atoms with van der Waals surface area (Å²) in [7, 11) is 1.64. The Bertz CT molecular complexity index is 522. The second kappa shape index (κ2) is 4.17. The molecule has 1 heterocycles. The minimum absolute atomic E-state index is 0.541. The zero-order valence-corrected chi connectivity index (χ0v) is 10.6. The van der Waals surface area contributed by atoms with Crippen LogP contribution in [0.4, 0.5) is 5.82 Å². The maximum Gasteiger partial charge on any atom is 0.141 e. The Balaban J connectivity index is 2.73. The van der Waals surface area contributed by atoms with E-state index in [1.807, 2.05) is 19.1 Å². The Morgan fingerprint density at radius 3 is 2.75 bits per heavy atom. The molecule has 4 nitrogen and oxygen atoms in total. The number of halogens is 1. The number of hydrogen-bond acceptors (Lipinski definition) is 3. The van der Waals surface area contributed by atoms with Gasteiger partial charge in [0.1, 0.15) is 11.6 Å². The second-order valence-electron chi connectivity index (χ2n) is 3.47. The van der Waals surface area contributed by atoms with Crippen LogP contribution in [0.5, 0.6) is 5.75 Å². The maximum absolute atomic E-state index is 5.83. The topological polar surface area (TPSA) is 63.9 Å².